The third-order valence-electron chi connectivity index (χ3n) is 3.61. The molecule has 7 nitrogen and oxygen atoms in total. The molecule has 0 saturated carbocycles. The lowest BCUT2D eigenvalue weighted by Crippen LogP contribution is -2.53. The van der Waals surface area contributed by atoms with E-state index in [2.05, 4.69) is 10.9 Å². The summed E-state index contributed by atoms with van der Waals surface area (Å²) >= 11 is 5.80. The van der Waals surface area contributed by atoms with Crippen LogP contribution in [0.5, 0.6) is 17.2 Å². The van der Waals surface area contributed by atoms with Crippen LogP contribution in [0.15, 0.2) is 48.5 Å². The van der Waals surface area contributed by atoms with E-state index in [1.807, 2.05) is 6.07 Å². The van der Waals surface area contributed by atoms with E-state index in [1.54, 1.807) is 49.4 Å². The Morgan fingerprint density at radius 3 is 2.54 bits per heavy atom. The van der Waals surface area contributed by atoms with Gasteiger partial charge in [-0.25, -0.2) is 0 Å². The number of hydrogen-bond acceptors (Lipinski definition) is 5. The number of carbonyl (C=O) groups excluding carboxylic acids is 2. The fraction of sp³-hybridized carbons (Fsp3) is 0.222. The lowest BCUT2D eigenvalue weighted by molar-refractivity contribution is -0.137. The molecule has 2 aromatic carbocycles. The second kappa shape index (κ2) is 7.97. The molecule has 1 aliphatic heterocycles. The van der Waals surface area contributed by atoms with Crippen LogP contribution in [-0.4, -0.2) is 30.6 Å². The Hall–Kier alpha value is -2.93. The van der Waals surface area contributed by atoms with Gasteiger partial charge in [0.25, 0.3) is 11.8 Å². The number of benzene rings is 2. The summed E-state index contributed by atoms with van der Waals surface area (Å²) in [6.45, 7) is 1.61. The minimum atomic E-state index is -0.863. The van der Waals surface area contributed by atoms with Gasteiger partial charge in [0.15, 0.2) is 17.6 Å². The second-order valence-electron chi connectivity index (χ2n) is 5.56. The molecule has 26 heavy (non-hydrogen) atoms. The Kier molecular flexibility index (Phi) is 5.48. The minimum Gasteiger partial charge on any atom is -0.485 e. The molecule has 2 aromatic rings. The summed E-state index contributed by atoms with van der Waals surface area (Å²) in [6, 6.07) is 13.6. The summed E-state index contributed by atoms with van der Waals surface area (Å²) in [5, 5.41) is 0.568. The summed E-state index contributed by atoms with van der Waals surface area (Å²) in [7, 11) is 0. The highest BCUT2D eigenvalue weighted by atomic mass is 35.5. The van der Waals surface area contributed by atoms with Crippen LogP contribution in [0.1, 0.15) is 6.92 Å². The van der Waals surface area contributed by atoms with Crippen molar-refractivity contribution in [2.45, 2.75) is 19.1 Å². The molecular weight excluding hydrogens is 360 g/mol. The fourth-order valence-electron chi connectivity index (χ4n) is 2.22. The summed E-state index contributed by atoms with van der Waals surface area (Å²) < 4.78 is 16.5. The predicted molar refractivity (Wildman–Crippen MR) is 94.2 cm³/mol. The van der Waals surface area contributed by atoms with Crippen molar-refractivity contribution >= 4 is 23.4 Å². The Bertz CT molecular complexity index is 796. The van der Waals surface area contributed by atoms with E-state index in [-0.39, 0.29) is 6.61 Å². The molecule has 0 radical (unpaired) electrons. The molecule has 0 saturated heterocycles. The van der Waals surface area contributed by atoms with Crippen LogP contribution < -0.4 is 25.1 Å². The van der Waals surface area contributed by atoms with E-state index < -0.39 is 24.0 Å². The highest BCUT2D eigenvalue weighted by molar-refractivity contribution is 6.30. The van der Waals surface area contributed by atoms with Gasteiger partial charge in [-0.3, -0.25) is 20.4 Å². The monoisotopic (exact) mass is 376 g/mol. The summed E-state index contributed by atoms with van der Waals surface area (Å²) in [5.74, 6) is 0.510. The van der Waals surface area contributed by atoms with Crippen LogP contribution in [-0.2, 0) is 9.59 Å². The lowest BCUT2D eigenvalue weighted by atomic mass is 10.2. The van der Waals surface area contributed by atoms with Crippen molar-refractivity contribution in [3.63, 3.8) is 0 Å². The van der Waals surface area contributed by atoms with Crippen molar-refractivity contribution in [3.05, 3.63) is 53.6 Å². The van der Waals surface area contributed by atoms with Gasteiger partial charge >= 0.3 is 0 Å². The Balaban J connectivity index is 1.48. The van der Waals surface area contributed by atoms with Crippen LogP contribution in [0, 0.1) is 0 Å². The van der Waals surface area contributed by atoms with Gasteiger partial charge in [0, 0.05) is 5.02 Å². The van der Waals surface area contributed by atoms with Crippen molar-refractivity contribution in [1.82, 2.24) is 10.9 Å². The van der Waals surface area contributed by atoms with E-state index in [9.17, 15) is 9.59 Å². The molecule has 0 bridgehead atoms. The predicted octanol–water partition coefficient (Wildman–Crippen LogP) is 2.09. The number of carbonyl (C=O) groups is 2. The maximum atomic E-state index is 12.1. The van der Waals surface area contributed by atoms with Gasteiger partial charge in [-0.1, -0.05) is 23.7 Å². The standard InChI is InChI=1S/C18H17ClN2O5/c1-11(25-13-8-6-12(19)7-9-13)17(22)20-21-18(23)16-10-24-14-4-2-3-5-15(14)26-16/h2-9,11,16H,10H2,1H3,(H,20,22)(H,21,23)/t11-,16+/m1/s1. The van der Waals surface area contributed by atoms with E-state index in [1.165, 1.54) is 0 Å². The quantitative estimate of drug-likeness (QED) is 0.798. The van der Waals surface area contributed by atoms with Gasteiger partial charge in [-0.15, -0.1) is 0 Å². The van der Waals surface area contributed by atoms with Crippen LogP contribution >= 0.6 is 11.6 Å². The van der Waals surface area contributed by atoms with Crippen LogP contribution in [0.2, 0.25) is 5.02 Å². The Morgan fingerprint density at radius 1 is 1.12 bits per heavy atom. The molecule has 2 N–H and O–H groups in total. The van der Waals surface area contributed by atoms with E-state index in [0.717, 1.165) is 0 Å². The third-order valence-corrected chi connectivity index (χ3v) is 3.86. The second-order valence-corrected chi connectivity index (χ2v) is 5.99. The molecule has 8 heteroatoms. The SMILES string of the molecule is C[C@@H](Oc1ccc(Cl)cc1)C(=O)NNC(=O)[C@@H]1COc2ccccc2O1. The molecule has 1 aliphatic rings. The van der Waals surface area contributed by atoms with Crippen LogP contribution in [0.4, 0.5) is 0 Å². The molecule has 2 amide bonds. The number of amides is 2. The molecule has 0 aliphatic carbocycles. The first kappa shape index (κ1) is 17.9. The van der Waals surface area contributed by atoms with Crippen molar-refractivity contribution in [2.75, 3.05) is 6.61 Å². The fourth-order valence-corrected chi connectivity index (χ4v) is 2.35. The average molecular weight is 377 g/mol. The molecule has 3 rings (SSSR count). The number of ether oxygens (including phenoxy) is 3. The summed E-state index contributed by atoms with van der Waals surface area (Å²) in [5.41, 5.74) is 4.62. The molecule has 0 spiro atoms. The molecule has 136 valence electrons. The van der Waals surface area contributed by atoms with E-state index in [0.29, 0.717) is 22.3 Å². The maximum absolute atomic E-state index is 12.1. The number of rotatable bonds is 4. The number of para-hydroxylation sites is 2. The van der Waals surface area contributed by atoms with Crippen molar-refractivity contribution < 1.29 is 23.8 Å². The van der Waals surface area contributed by atoms with E-state index >= 15 is 0 Å². The molecule has 0 aromatic heterocycles. The first-order valence-corrected chi connectivity index (χ1v) is 8.31. The lowest BCUT2D eigenvalue weighted by Gasteiger charge is -2.25. The summed E-state index contributed by atoms with van der Waals surface area (Å²) in [6.07, 6.45) is -1.68. The average Bonchev–Trinajstić information content (AvgIpc) is 2.67. The van der Waals surface area contributed by atoms with Gasteiger partial charge in [0.05, 0.1) is 0 Å². The van der Waals surface area contributed by atoms with Crippen molar-refractivity contribution in [3.8, 4) is 17.2 Å². The van der Waals surface area contributed by atoms with Crippen molar-refractivity contribution in [2.24, 2.45) is 0 Å². The normalized spacial score (nSPS) is 16.3. The smallest absolute Gasteiger partial charge is 0.283 e. The number of nitrogens with one attached hydrogen (secondary N) is 2. The Morgan fingerprint density at radius 2 is 1.81 bits per heavy atom. The van der Waals surface area contributed by atoms with Gasteiger partial charge in [-0.05, 0) is 43.3 Å². The van der Waals surface area contributed by atoms with Gasteiger partial charge in [0.1, 0.15) is 12.4 Å². The van der Waals surface area contributed by atoms with Gasteiger partial charge in [-0.2, -0.15) is 0 Å². The zero-order valence-corrected chi connectivity index (χ0v) is 14.7. The molecule has 1 heterocycles. The molecular formula is C18H17ClN2O5. The zero-order valence-electron chi connectivity index (χ0n) is 13.9. The highest BCUT2D eigenvalue weighted by Gasteiger charge is 2.28. The first-order valence-electron chi connectivity index (χ1n) is 7.93. The third kappa shape index (κ3) is 4.37. The highest BCUT2D eigenvalue weighted by Crippen LogP contribution is 2.30. The minimum absolute atomic E-state index is 0.0511. The largest absolute Gasteiger partial charge is 0.485 e. The van der Waals surface area contributed by atoms with Gasteiger partial charge in [0.2, 0.25) is 6.10 Å². The van der Waals surface area contributed by atoms with Crippen LogP contribution in [0.3, 0.4) is 0 Å². The van der Waals surface area contributed by atoms with Crippen molar-refractivity contribution in [1.29, 1.82) is 0 Å². The molecule has 0 fully saturated rings. The number of halogens is 1. The molecule has 2 atom stereocenters. The Labute approximate surface area is 155 Å². The zero-order chi connectivity index (χ0) is 18.5. The topological polar surface area (TPSA) is 85.9 Å². The summed E-state index contributed by atoms with van der Waals surface area (Å²) in [4.78, 5) is 24.2. The van der Waals surface area contributed by atoms with Gasteiger partial charge < -0.3 is 14.2 Å². The number of fused-ring (bicyclic) bond motifs is 1. The first-order chi connectivity index (χ1) is 12.5. The van der Waals surface area contributed by atoms with Crippen LogP contribution in [0.25, 0.3) is 0 Å². The maximum Gasteiger partial charge on any atom is 0.283 e. The molecule has 0 unspecified atom stereocenters. The number of hydrogen-bond donors (Lipinski definition) is 2. The number of hydrazine groups is 1. The van der Waals surface area contributed by atoms with E-state index in [4.69, 9.17) is 25.8 Å².